The minimum Gasteiger partial charge on any atom is -0.394 e. The fourth-order valence-electron chi connectivity index (χ4n) is 8.58. The van der Waals surface area contributed by atoms with E-state index in [1.165, 1.54) is 193 Å². The van der Waals surface area contributed by atoms with Gasteiger partial charge in [0.15, 0.2) is 6.29 Å². The van der Waals surface area contributed by atoms with Gasteiger partial charge in [-0.3, -0.25) is 4.79 Å². The number of amides is 1. The summed E-state index contributed by atoms with van der Waals surface area (Å²) in [5, 5.41) is 54.3. The topological polar surface area (TPSA) is 149 Å². The zero-order chi connectivity index (χ0) is 43.0. The molecule has 352 valence electrons. The van der Waals surface area contributed by atoms with Gasteiger partial charge in [-0.2, -0.15) is 0 Å². The van der Waals surface area contributed by atoms with Crippen molar-refractivity contribution in [2.75, 3.05) is 13.2 Å². The first-order chi connectivity index (χ1) is 28.8. The van der Waals surface area contributed by atoms with E-state index in [0.717, 1.165) is 38.5 Å². The second-order valence-corrected chi connectivity index (χ2v) is 18.3. The monoisotopic (exact) mass is 842 g/mol. The van der Waals surface area contributed by atoms with Crippen LogP contribution in [0.15, 0.2) is 0 Å². The summed E-state index contributed by atoms with van der Waals surface area (Å²) in [6.45, 7) is 3.84. The average Bonchev–Trinajstić information content (AvgIpc) is 3.23. The molecule has 0 aromatic heterocycles. The molecule has 1 heterocycles. The van der Waals surface area contributed by atoms with E-state index in [4.69, 9.17) is 9.47 Å². The van der Waals surface area contributed by atoms with E-state index >= 15 is 0 Å². The highest BCUT2D eigenvalue weighted by Crippen LogP contribution is 2.23. The summed E-state index contributed by atoms with van der Waals surface area (Å²) in [5.41, 5.74) is 0. The van der Waals surface area contributed by atoms with Gasteiger partial charge >= 0.3 is 0 Å². The Balaban J connectivity index is 2.14. The standard InChI is InChI=1S/C50H99NO8/c1-3-5-7-9-11-13-15-16-17-18-19-20-21-22-23-24-25-26-27-28-29-30-32-34-36-38-40-46(54)51-43(42-58-50-49(57)48(56)47(55)45(41-52)59-50)44(53)39-37-35-33-31-14-12-10-8-6-4-2/h43-45,47-50,52-53,55-57H,3-42H2,1-2H3,(H,51,54). The normalized spacial score (nSPS) is 20.6. The third-order valence-electron chi connectivity index (χ3n) is 12.7. The van der Waals surface area contributed by atoms with Crippen molar-refractivity contribution in [3.05, 3.63) is 0 Å². The van der Waals surface area contributed by atoms with Crippen molar-refractivity contribution < 1.29 is 39.8 Å². The zero-order valence-corrected chi connectivity index (χ0v) is 38.8. The molecule has 1 saturated heterocycles. The van der Waals surface area contributed by atoms with Gasteiger partial charge in [0, 0.05) is 6.42 Å². The van der Waals surface area contributed by atoms with Crippen LogP contribution in [0.25, 0.3) is 0 Å². The van der Waals surface area contributed by atoms with Crippen molar-refractivity contribution >= 4 is 5.91 Å². The summed E-state index contributed by atoms with van der Waals surface area (Å²) in [4.78, 5) is 13.0. The number of hydrogen-bond donors (Lipinski definition) is 6. The van der Waals surface area contributed by atoms with Gasteiger partial charge in [-0.25, -0.2) is 0 Å². The van der Waals surface area contributed by atoms with Crippen LogP contribution in [0.1, 0.15) is 258 Å². The molecular weight excluding hydrogens is 743 g/mol. The highest BCUT2D eigenvalue weighted by molar-refractivity contribution is 5.76. The van der Waals surface area contributed by atoms with Crippen molar-refractivity contribution in [1.82, 2.24) is 5.32 Å². The van der Waals surface area contributed by atoms with Crippen LogP contribution in [0.3, 0.4) is 0 Å². The molecule has 0 aliphatic carbocycles. The van der Waals surface area contributed by atoms with Crippen molar-refractivity contribution in [2.45, 2.75) is 301 Å². The van der Waals surface area contributed by atoms with Crippen LogP contribution in [-0.4, -0.2) is 87.5 Å². The van der Waals surface area contributed by atoms with Crippen LogP contribution in [0.4, 0.5) is 0 Å². The van der Waals surface area contributed by atoms with E-state index in [1.54, 1.807) is 0 Å². The maximum absolute atomic E-state index is 13.0. The van der Waals surface area contributed by atoms with Crippen LogP contribution in [-0.2, 0) is 14.3 Å². The van der Waals surface area contributed by atoms with E-state index < -0.39 is 49.5 Å². The Morgan fingerprint density at radius 3 is 1.20 bits per heavy atom. The van der Waals surface area contributed by atoms with Crippen molar-refractivity contribution in [2.24, 2.45) is 0 Å². The second kappa shape index (κ2) is 41.2. The predicted molar refractivity (Wildman–Crippen MR) is 244 cm³/mol. The minimum atomic E-state index is -1.55. The first-order valence-electron chi connectivity index (χ1n) is 25.7. The number of carbonyl (C=O) groups is 1. The van der Waals surface area contributed by atoms with Gasteiger partial charge in [-0.15, -0.1) is 0 Å². The SMILES string of the molecule is CCCCCCCCCCCCCCCCCCCCCCCCCCCCC(=O)NC(COC1OC(CO)C(O)C(O)C1O)C(O)CCCCCCCCCCCC. The fraction of sp³-hybridized carbons (Fsp3) is 0.980. The van der Waals surface area contributed by atoms with E-state index in [-0.39, 0.29) is 12.5 Å². The lowest BCUT2D eigenvalue weighted by molar-refractivity contribution is -0.302. The summed E-state index contributed by atoms with van der Waals surface area (Å²) in [7, 11) is 0. The summed E-state index contributed by atoms with van der Waals surface area (Å²) in [6.07, 6.45) is 40.0. The van der Waals surface area contributed by atoms with Crippen LogP contribution in [0, 0.1) is 0 Å². The van der Waals surface area contributed by atoms with Crippen LogP contribution in [0.2, 0.25) is 0 Å². The molecule has 7 atom stereocenters. The molecule has 0 bridgehead atoms. The van der Waals surface area contributed by atoms with Crippen molar-refractivity contribution in [3.63, 3.8) is 0 Å². The molecule has 0 saturated carbocycles. The molecule has 7 unspecified atom stereocenters. The van der Waals surface area contributed by atoms with Gasteiger partial charge < -0.3 is 40.3 Å². The number of aliphatic hydroxyl groups excluding tert-OH is 5. The van der Waals surface area contributed by atoms with Crippen LogP contribution in [0.5, 0.6) is 0 Å². The molecule has 0 radical (unpaired) electrons. The number of nitrogens with one attached hydrogen (secondary N) is 1. The van der Waals surface area contributed by atoms with Gasteiger partial charge in [-0.1, -0.05) is 239 Å². The van der Waals surface area contributed by atoms with E-state index in [2.05, 4.69) is 19.2 Å². The summed E-state index contributed by atoms with van der Waals surface area (Å²) in [5.74, 6) is -0.140. The lowest BCUT2D eigenvalue weighted by Gasteiger charge is -2.40. The molecule has 0 aromatic rings. The minimum absolute atomic E-state index is 0.132. The molecule has 6 N–H and O–H groups in total. The Kier molecular flexibility index (Phi) is 39.3. The molecule has 1 fully saturated rings. The predicted octanol–water partition coefficient (Wildman–Crippen LogP) is 11.5. The molecule has 59 heavy (non-hydrogen) atoms. The molecule has 1 amide bonds. The molecule has 1 rings (SSSR count). The van der Waals surface area contributed by atoms with Gasteiger partial charge in [0.2, 0.25) is 5.91 Å². The zero-order valence-electron chi connectivity index (χ0n) is 38.8. The number of ether oxygens (including phenoxy) is 2. The van der Waals surface area contributed by atoms with Crippen LogP contribution >= 0.6 is 0 Å². The number of unbranched alkanes of at least 4 members (excludes halogenated alkanes) is 34. The lowest BCUT2D eigenvalue weighted by atomic mass is 9.99. The third kappa shape index (κ3) is 31.6. The number of aliphatic hydroxyl groups is 5. The Bertz CT molecular complexity index is 893. The highest BCUT2D eigenvalue weighted by atomic mass is 16.7. The Labute approximate surface area is 364 Å². The van der Waals surface area contributed by atoms with Crippen molar-refractivity contribution in [1.29, 1.82) is 0 Å². The molecule has 1 aliphatic rings. The van der Waals surface area contributed by atoms with Gasteiger partial charge in [0.25, 0.3) is 0 Å². The smallest absolute Gasteiger partial charge is 0.220 e. The van der Waals surface area contributed by atoms with Gasteiger partial charge in [0.05, 0.1) is 25.4 Å². The lowest BCUT2D eigenvalue weighted by Crippen LogP contribution is -2.60. The largest absolute Gasteiger partial charge is 0.394 e. The number of carbonyl (C=O) groups excluding carboxylic acids is 1. The second-order valence-electron chi connectivity index (χ2n) is 18.3. The first-order valence-corrected chi connectivity index (χ1v) is 25.7. The molecule has 0 spiro atoms. The van der Waals surface area contributed by atoms with Crippen molar-refractivity contribution in [3.8, 4) is 0 Å². The quantitative estimate of drug-likeness (QED) is 0.0332. The average molecular weight is 842 g/mol. The molecule has 9 nitrogen and oxygen atoms in total. The van der Waals surface area contributed by atoms with Crippen LogP contribution < -0.4 is 5.32 Å². The maximum atomic E-state index is 13.0. The number of hydrogen-bond acceptors (Lipinski definition) is 8. The Morgan fingerprint density at radius 2 is 0.847 bits per heavy atom. The maximum Gasteiger partial charge on any atom is 0.220 e. The van der Waals surface area contributed by atoms with Gasteiger partial charge in [-0.05, 0) is 12.8 Å². The Morgan fingerprint density at radius 1 is 0.508 bits per heavy atom. The third-order valence-corrected chi connectivity index (χ3v) is 12.7. The first kappa shape index (κ1) is 56.2. The summed E-state index contributed by atoms with van der Waals surface area (Å²) < 4.78 is 11.3. The van der Waals surface area contributed by atoms with E-state index in [1.807, 2.05) is 0 Å². The molecular formula is C50H99NO8. The molecule has 0 aromatic carbocycles. The molecule has 9 heteroatoms. The highest BCUT2D eigenvalue weighted by Gasteiger charge is 2.44. The molecule has 1 aliphatic heterocycles. The Hall–Kier alpha value is -0.810. The van der Waals surface area contributed by atoms with Gasteiger partial charge in [0.1, 0.15) is 24.4 Å². The van der Waals surface area contributed by atoms with E-state index in [0.29, 0.717) is 12.8 Å². The number of rotatable bonds is 44. The van der Waals surface area contributed by atoms with E-state index in [9.17, 15) is 30.3 Å². The fourth-order valence-corrected chi connectivity index (χ4v) is 8.58. The summed E-state index contributed by atoms with van der Waals surface area (Å²) >= 11 is 0. The summed E-state index contributed by atoms with van der Waals surface area (Å²) in [6, 6.07) is -0.711.